The van der Waals surface area contributed by atoms with E-state index in [1.807, 2.05) is 30.3 Å². The van der Waals surface area contributed by atoms with E-state index in [2.05, 4.69) is 5.09 Å². The first kappa shape index (κ1) is 23.9. The fraction of sp³-hybridized carbons (Fsp3) is 0.579. The summed E-state index contributed by atoms with van der Waals surface area (Å²) in [6.45, 7) is 0.143. The van der Waals surface area contributed by atoms with Crippen LogP contribution in [0.2, 0.25) is 0 Å². The second-order valence-electron chi connectivity index (χ2n) is 7.09. The molecule has 1 saturated heterocycles. The van der Waals surface area contributed by atoms with E-state index in [0.717, 1.165) is 24.8 Å². The minimum absolute atomic E-state index is 0.0789. The number of hydrogen-bond donors (Lipinski definition) is 4. The molecule has 1 aliphatic heterocycles. The molecule has 0 saturated carbocycles. The van der Waals surface area contributed by atoms with Crippen LogP contribution in [-0.2, 0) is 14.2 Å². The lowest BCUT2D eigenvalue weighted by molar-refractivity contribution is -0.145. The number of thioether (sulfide) groups is 1. The lowest BCUT2D eigenvalue weighted by Crippen LogP contribution is -2.47. The number of carbonyl (C=O) groups excluding carboxylic acids is 1. The molecule has 10 heteroatoms. The number of nitrogens with zero attached hydrogens (tertiary/aromatic N) is 1. The van der Waals surface area contributed by atoms with Crippen LogP contribution in [0.5, 0.6) is 0 Å². The number of unbranched alkanes of at least 4 members (excludes halogenated alkanes) is 3. The van der Waals surface area contributed by atoms with Gasteiger partial charge in [-0.2, -0.15) is 0 Å². The summed E-state index contributed by atoms with van der Waals surface area (Å²) in [4.78, 5) is 36.1. The molecule has 0 aromatic heterocycles. The Morgan fingerprint density at radius 2 is 1.93 bits per heavy atom. The number of carboxylic acid groups (broad SMARTS) is 1. The Morgan fingerprint density at radius 3 is 2.59 bits per heavy atom. The van der Waals surface area contributed by atoms with Crippen molar-refractivity contribution in [2.45, 2.75) is 43.5 Å². The summed E-state index contributed by atoms with van der Waals surface area (Å²) < 4.78 is 12.6. The van der Waals surface area contributed by atoms with Gasteiger partial charge in [-0.15, -0.1) is 11.8 Å². The van der Waals surface area contributed by atoms with Crippen LogP contribution in [-0.4, -0.2) is 57.8 Å². The molecular weight excluding hydrogens is 413 g/mol. The largest absolute Gasteiger partial charge is 0.480 e. The number of nitrogens with one attached hydrogen (secondary N) is 1. The summed E-state index contributed by atoms with van der Waals surface area (Å²) >= 11 is 1.47. The SMILES string of the molecule is NCCCCCCP(=O)(O)NC1CCSC(c2ccccc2)N(CC(=O)O)C1=O. The van der Waals surface area contributed by atoms with Crippen LogP contribution in [0.3, 0.4) is 0 Å². The molecule has 162 valence electrons. The van der Waals surface area contributed by atoms with Crippen molar-refractivity contribution in [3.05, 3.63) is 35.9 Å². The first-order valence-corrected chi connectivity index (χ1v) is 12.7. The molecule has 29 heavy (non-hydrogen) atoms. The van der Waals surface area contributed by atoms with Gasteiger partial charge in [-0.25, -0.2) is 5.09 Å². The summed E-state index contributed by atoms with van der Waals surface area (Å²) in [6.07, 6.45) is 3.60. The maximum atomic E-state index is 13.1. The lowest BCUT2D eigenvalue weighted by Gasteiger charge is -2.30. The van der Waals surface area contributed by atoms with Crippen LogP contribution in [0, 0.1) is 0 Å². The smallest absolute Gasteiger partial charge is 0.323 e. The van der Waals surface area contributed by atoms with E-state index >= 15 is 0 Å². The molecule has 5 N–H and O–H groups in total. The predicted molar refractivity (Wildman–Crippen MR) is 115 cm³/mol. The Kier molecular flexibility index (Phi) is 9.65. The number of carbonyl (C=O) groups is 2. The van der Waals surface area contributed by atoms with Gasteiger partial charge < -0.3 is 20.6 Å². The minimum Gasteiger partial charge on any atom is -0.480 e. The van der Waals surface area contributed by atoms with E-state index in [4.69, 9.17) is 5.73 Å². The maximum absolute atomic E-state index is 13.1. The topological polar surface area (TPSA) is 133 Å². The summed E-state index contributed by atoms with van der Waals surface area (Å²) in [5.74, 6) is -1.01. The van der Waals surface area contributed by atoms with Crippen molar-refractivity contribution in [1.29, 1.82) is 0 Å². The molecule has 1 fully saturated rings. The van der Waals surface area contributed by atoms with E-state index < -0.39 is 37.4 Å². The average Bonchev–Trinajstić information content (AvgIpc) is 2.82. The van der Waals surface area contributed by atoms with Gasteiger partial charge in [0.05, 0.1) is 6.04 Å². The van der Waals surface area contributed by atoms with Crippen LogP contribution < -0.4 is 10.8 Å². The minimum atomic E-state index is -3.70. The van der Waals surface area contributed by atoms with Gasteiger partial charge in [-0.3, -0.25) is 14.2 Å². The first-order valence-electron chi connectivity index (χ1n) is 9.82. The Balaban J connectivity index is 2.09. The summed E-state index contributed by atoms with van der Waals surface area (Å²) in [5.41, 5.74) is 6.28. The molecule has 0 radical (unpaired) electrons. The molecule has 1 aliphatic rings. The molecule has 1 amide bonds. The van der Waals surface area contributed by atoms with E-state index in [0.29, 0.717) is 25.1 Å². The van der Waals surface area contributed by atoms with E-state index in [9.17, 15) is 24.2 Å². The van der Waals surface area contributed by atoms with Crippen LogP contribution in [0.15, 0.2) is 30.3 Å². The van der Waals surface area contributed by atoms with Crippen LogP contribution in [0.25, 0.3) is 0 Å². The quantitative estimate of drug-likeness (QED) is 0.303. The zero-order chi connectivity index (χ0) is 21.3. The maximum Gasteiger partial charge on any atom is 0.323 e. The van der Waals surface area contributed by atoms with Crippen LogP contribution in [0.1, 0.15) is 43.0 Å². The van der Waals surface area contributed by atoms with Gasteiger partial charge in [0.15, 0.2) is 0 Å². The average molecular weight is 444 g/mol. The highest BCUT2D eigenvalue weighted by atomic mass is 32.2. The number of amides is 1. The molecular formula is C19H30N3O5PS. The molecule has 3 atom stereocenters. The van der Waals surface area contributed by atoms with Crippen molar-refractivity contribution in [3.63, 3.8) is 0 Å². The lowest BCUT2D eigenvalue weighted by atomic mass is 10.1. The monoisotopic (exact) mass is 443 g/mol. The molecule has 0 bridgehead atoms. The highest BCUT2D eigenvalue weighted by molar-refractivity contribution is 7.99. The standard InChI is InChI=1S/C19H30N3O5PS/c20-11-6-1-2-7-12-28(26,27)21-16-10-13-29-19(15-8-4-3-5-9-15)22(18(16)25)14-17(23)24/h3-5,8-9,16,19H,1-2,6-7,10-14,20H2,(H,23,24)(H2,21,26,27). The summed E-state index contributed by atoms with van der Waals surface area (Å²) in [5, 5.41) is 11.5. The van der Waals surface area contributed by atoms with Crippen molar-refractivity contribution in [2.24, 2.45) is 5.73 Å². The van der Waals surface area contributed by atoms with Crippen molar-refractivity contribution in [2.75, 3.05) is 25.0 Å². The molecule has 2 rings (SSSR count). The van der Waals surface area contributed by atoms with Crippen molar-refractivity contribution < 1.29 is 24.2 Å². The highest BCUT2D eigenvalue weighted by Crippen LogP contribution is 2.41. The number of hydrogen-bond acceptors (Lipinski definition) is 5. The van der Waals surface area contributed by atoms with Crippen molar-refractivity contribution in [3.8, 4) is 0 Å². The van der Waals surface area contributed by atoms with Crippen LogP contribution >= 0.6 is 19.3 Å². The molecule has 3 unspecified atom stereocenters. The number of carboxylic acids is 1. The van der Waals surface area contributed by atoms with Crippen LogP contribution in [0.4, 0.5) is 0 Å². The third-order valence-electron chi connectivity index (χ3n) is 4.71. The Hall–Kier alpha value is -1.38. The zero-order valence-corrected chi connectivity index (χ0v) is 18.1. The number of benzene rings is 1. The van der Waals surface area contributed by atoms with Gasteiger partial charge >= 0.3 is 5.97 Å². The summed E-state index contributed by atoms with van der Waals surface area (Å²) in [6, 6.07) is 8.36. The molecule has 0 spiro atoms. The van der Waals surface area contributed by atoms with Crippen molar-refractivity contribution >= 4 is 31.2 Å². The number of nitrogens with two attached hydrogens (primary N) is 1. The zero-order valence-electron chi connectivity index (χ0n) is 16.4. The third-order valence-corrected chi connectivity index (χ3v) is 7.66. The normalized spacial score (nSPS) is 22.1. The van der Waals surface area contributed by atoms with Gasteiger partial charge in [-0.05, 0) is 37.1 Å². The second-order valence-corrected chi connectivity index (χ2v) is 10.4. The van der Waals surface area contributed by atoms with E-state index in [-0.39, 0.29) is 6.16 Å². The Morgan fingerprint density at radius 1 is 1.24 bits per heavy atom. The predicted octanol–water partition coefficient (Wildman–Crippen LogP) is 2.40. The van der Waals surface area contributed by atoms with E-state index in [1.165, 1.54) is 16.7 Å². The fourth-order valence-corrected chi connectivity index (χ4v) is 6.09. The number of aliphatic carboxylic acids is 1. The van der Waals surface area contributed by atoms with E-state index in [1.54, 1.807) is 0 Å². The fourth-order valence-electron chi connectivity index (χ4n) is 3.28. The molecule has 8 nitrogen and oxygen atoms in total. The third kappa shape index (κ3) is 7.75. The van der Waals surface area contributed by atoms with Gasteiger partial charge in [0, 0.05) is 6.16 Å². The van der Waals surface area contributed by atoms with Gasteiger partial charge in [0.2, 0.25) is 5.91 Å². The molecule has 0 aliphatic carbocycles. The molecule has 1 aromatic rings. The summed E-state index contributed by atoms with van der Waals surface area (Å²) in [7, 11) is -3.70. The first-order chi connectivity index (χ1) is 13.8. The highest BCUT2D eigenvalue weighted by Gasteiger charge is 2.37. The molecule has 1 aromatic carbocycles. The van der Waals surface area contributed by atoms with Gasteiger partial charge in [-0.1, -0.05) is 43.2 Å². The van der Waals surface area contributed by atoms with Crippen molar-refractivity contribution in [1.82, 2.24) is 9.99 Å². The van der Waals surface area contributed by atoms with Gasteiger partial charge in [0.1, 0.15) is 11.9 Å². The molecule has 1 heterocycles. The Labute approximate surface area is 175 Å². The number of rotatable bonds is 11. The second kappa shape index (κ2) is 11.7. The Bertz CT molecular complexity index is 721. The van der Waals surface area contributed by atoms with Gasteiger partial charge in [0.25, 0.3) is 7.52 Å².